The van der Waals surface area contributed by atoms with Gasteiger partial charge in [-0.25, -0.2) is 5.43 Å². The Labute approximate surface area is 113 Å². The molecule has 4 nitrogen and oxygen atoms in total. The van der Waals surface area contributed by atoms with Gasteiger partial charge in [0.25, 0.3) is 0 Å². The molecular weight excluding hydrogens is 238 g/mol. The van der Waals surface area contributed by atoms with Crippen LogP contribution in [0.3, 0.4) is 0 Å². The van der Waals surface area contributed by atoms with Gasteiger partial charge in [-0.15, -0.1) is 0 Å². The Hall–Kier alpha value is -1.91. The first-order valence-corrected chi connectivity index (χ1v) is 6.36. The van der Waals surface area contributed by atoms with Gasteiger partial charge in [-0.3, -0.25) is 10.8 Å². The highest BCUT2D eigenvalue weighted by Crippen LogP contribution is 2.24. The highest BCUT2D eigenvalue weighted by molar-refractivity contribution is 5.36. The second kappa shape index (κ2) is 6.31. The Morgan fingerprint density at radius 3 is 2.74 bits per heavy atom. The van der Waals surface area contributed by atoms with E-state index in [9.17, 15) is 0 Å². The van der Waals surface area contributed by atoms with Crippen molar-refractivity contribution >= 4 is 0 Å². The van der Waals surface area contributed by atoms with Crippen molar-refractivity contribution in [3.8, 4) is 5.75 Å². The van der Waals surface area contributed by atoms with Crippen molar-refractivity contribution < 1.29 is 4.74 Å². The number of pyridine rings is 1. The first-order valence-electron chi connectivity index (χ1n) is 6.36. The maximum absolute atomic E-state index is 5.68. The summed E-state index contributed by atoms with van der Waals surface area (Å²) < 4.78 is 5.51. The zero-order valence-electron chi connectivity index (χ0n) is 11.3. The fraction of sp³-hybridized carbons (Fsp3) is 0.267. The summed E-state index contributed by atoms with van der Waals surface area (Å²) in [5, 5.41) is 0. The number of nitrogens with two attached hydrogens (primary N) is 1. The maximum atomic E-state index is 5.68. The van der Waals surface area contributed by atoms with Crippen LogP contribution in [0.5, 0.6) is 5.75 Å². The number of nitrogens with one attached hydrogen (secondary N) is 1. The fourth-order valence-corrected chi connectivity index (χ4v) is 1.99. The molecule has 0 spiro atoms. The van der Waals surface area contributed by atoms with Crippen LogP contribution in [-0.2, 0) is 0 Å². The summed E-state index contributed by atoms with van der Waals surface area (Å²) in [5.74, 6) is 6.53. The summed E-state index contributed by atoms with van der Waals surface area (Å²) in [4.78, 5) is 4.31. The van der Waals surface area contributed by atoms with Crippen LogP contribution < -0.4 is 16.0 Å². The zero-order chi connectivity index (χ0) is 13.7. The van der Waals surface area contributed by atoms with E-state index in [0.717, 1.165) is 22.6 Å². The van der Waals surface area contributed by atoms with Gasteiger partial charge in [0, 0.05) is 11.9 Å². The third-order valence-electron chi connectivity index (χ3n) is 2.94. The Kier molecular flexibility index (Phi) is 4.49. The first kappa shape index (κ1) is 13.5. The van der Waals surface area contributed by atoms with Crippen LogP contribution in [0.1, 0.15) is 29.8 Å². The molecule has 0 saturated heterocycles. The van der Waals surface area contributed by atoms with Crippen LogP contribution >= 0.6 is 0 Å². The smallest absolute Gasteiger partial charge is 0.119 e. The molecular formula is C15H19N3O. The van der Waals surface area contributed by atoms with E-state index in [0.29, 0.717) is 6.61 Å². The van der Waals surface area contributed by atoms with E-state index >= 15 is 0 Å². The molecule has 0 bridgehead atoms. The molecule has 19 heavy (non-hydrogen) atoms. The molecule has 0 saturated carbocycles. The number of rotatable bonds is 5. The van der Waals surface area contributed by atoms with Crippen molar-refractivity contribution in [2.45, 2.75) is 19.9 Å². The molecule has 2 rings (SSSR count). The minimum Gasteiger partial charge on any atom is -0.494 e. The molecule has 3 N–H and O–H groups in total. The minimum absolute atomic E-state index is 0.0893. The van der Waals surface area contributed by atoms with Gasteiger partial charge in [-0.1, -0.05) is 18.2 Å². The largest absolute Gasteiger partial charge is 0.494 e. The molecule has 2 aromatic rings. The number of nitrogens with zero attached hydrogens (tertiary/aromatic N) is 1. The van der Waals surface area contributed by atoms with Crippen molar-refractivity contribution in [1.82, 2.24) is 10.4 Å². The van der Waals surface area contributed by atoms with Gasteiger partial charge >= 0.3 is 0 Å². The first-order chi connectivity index (χ1) is 9.24. The lowest BCUT2D eigenvalue weighted by molar-refractivity contribution is 0.339. The molecule has 4 heteroatoms. The van der Waals surface area contributed by atoms with E-state index < -0.39 is 0 Å². The number of hydrogen-bond donors (Lipinski definition) is 2. The van der Waals surface area contributed by atoms with Crippen LogP contribution in [0, 0.1) is 6.92 Å². The Bertz CT molecular complexity index is 525. The van der Waals surface area contributed by atoms with Crippen LogP contribution in [-0.4, -0.2) is 11.6 Å². The van der Waals surface area contributed by atoms with Crippen LogP contribution in [0.2, 0.25) is 0 Å². The predicted octanol–water partition coefficient (Wildman–Crippen LogP) is 2.34. The van der Waals surface area contributed by atoms with Gasteiger partial charge in [-0.05, 0) is 43.2 Å². The molecule has 100 valence electrons. The SMILES string of the molecule is CCOc1cccc(C(NN)c2ccc(C)nc2)c1. The molecule has 0 fully saturated rings. The molecule has 0 aliphatic heterocycles. The van der Waals surface area contributed by atoms with Gasteiger partial charge in [-0.2, -0.15) is 0 Å². The number of aromatic nitrogens is 1. The molecule has 0 amide bonds. The second-order valence-electron chi connectivity index (χ2n) is 4.34. The Morgan fingerprint density at radius 1 is 1.26 bits per heavy atom. The summed E-state index contributed by atoms with van der Waals surface area (Å²) in [6, 6.07) is 11.8. The lowest BCUT2D eigenvalue weighted by Crippen LogP contribution is -2.28. The summed E-state index contributed by atoms with van der Waals surface area (Å²) >= 11 is 0. The van der Waals surface area contributed by atoms with Crippen molar-refractivity contribution in [3.63, 3.8) is 0 Å². The standard InChI is InChI=1S/C15H19N3O/c1-3-19-14-6-4-5-12(9-14)15(18-16)13-8-7-11(2)17-10-13/h4-10,15,18H,3,16H2,1-2H3. The Balaban J connectivity index is 2.30. The normalized spacial score (nSPS) is 12.2. The number of hydrogen-bond acceptors (Lipinski definition) is 4. The fourth-order valence-electron chi connectivity index (χ4n) is 1.99. The van der Waals surface area contributed by atoms with Gasteiger partial charge in [0.2, 0.25) is 0 Å². The predicted molar refractivity (Wildman–Crippen MR) is 75.8 cm³/mol. The number of ether oxygens (including phenoxy) is 1. The van der Waals surface area contributed by atoms with Crippen LogP contribution in [0.25, 0.3) is 0 Å². The second-order valence-corrected chi connectivity index (χ2v) is 4.34. The average molecular weight is 257 g/mol. The van der Waals surface area contributed by atoms with Crippen LogP contribution in [0.4, 0.5) is 0 Å². The highest BCUT2D eigenvalue weighted by Gasteiger charge is 2.13. The monoisotopic (exact) mass is 257 g/mol. The molecule has 1 aromatic carbocycles. The zero-order valence-corrected chi connectivity index (χ0v) is 11.3. The van der Waals surface area contributed by atoms with E-state index in [2.05, 4.69) is 10.4 Å². The third kappa shape index (κ3) is 3.30. The summed E-state index contributed by atoms with van der Waals surface area (Å²) in [6.45, 7) is 4.58. The van der Waals surface area contributed by atoms with Gasteiger partial charge < -0.3 is 4.74 Å². The third-order valence-corrected chi connectivity index (χ3v) is 2.94. The van der Waals surface area contributed by atoms with Crippen molar-refractivity contribution in [3.05, 3.63) is 59.4 Å². The summed E-state index contributed by atoms with van der Waals surface area (Å²) in [7, 11) is 0. The topological polar surface area (TPSA) is 60.2 Å². The number of hydrazine groups is 1. The van der Waals surface area contributed by atoms with Crippen molar-refractivity contribution in [2.24, 2.45) is 5.84 Å². The van der Waals surface area contributed by atoms with E-state index in [1.54, 1.807) is 0 Å². The molecule has 0 radical (unpaired) electrons. The van der Waals surface area contributed by atoms with Gasteiger partial charge in [0.1, 0.15) is 5.75 Å². The van der Waals surface area contributed by atoms with Gasteiger partial charge in [0.05, 0.1) is 12.6 Å². The lowest BCUT2D eigenvalue weighted by atomic mass is 10.0. The van der Waals surface area contributed by atoms with Crippen molar-refractivity contribution in [2.75, 3.05) is 6.61 Å². The Morgan fingerprint density at radius 2 is 2.11 bits per heavy atom. The molecule has 1 atom stereocenters. The van der Waals surface area contributed by atoms with E-state index in [1.807, 2.05) is 56.4 Å². The van der Waals surface area contributed by atoms with E-state index in [1.165, 1.54) is 0 Å². The minimum atomic E-state index is -0.0893. The van der Waals surface area contributed by atoms with Gasteiger partial charge in [0.15, 0.2) is 0 Å². The molecule has 0 aliphatic rings. The highest BCUT2D eigenvalue weighted by atomic mass is 16.5. The van der Waals surface area contributed by atoms with E-state index in [-0.39, 0.29) is 6.04 Å². The molecule has 1 unspecified atom stereocenters. The molecule has 0 aliphatic carbocycles. The summed E-state index contributed by atoms with van der Waals surface area (Å²) in [6.07, 6.45) is 1.84. The number of aryl methyl sites for hydroxylation is 1. The molecule has 1 heterocycles. The van der Waals surface area contributed by atoms with Crippen molar-refractivity contribution in [1.29, 1.82) is 0 Å². The quantitative estimate of drug-likeness (QED) is 0.637. The summed E-state index contributed by atoms with van der Waals surface area (Å²) in [5.41, 5.74) is 5.90. The van der Waals surface area contributed by atoms with E-state index in [4.69, 9.17) is 10.6 Å². The lowest BCUT2D eigenvalue weighted by Gasteiger charge is -2.17. The number of benzene rings is 1. The van der Waals surface area contributed by atoms with Crippen LogP contribution in [0.15, 0.2) is 42.6 Å². The average Bonchev–Trinajstić information content (AvgIpc) is 2.43. The maximum Gasteiger partial charge on any atom is 0.119 e. The molecule has 1 aromatic heterocycles.